The predicted octanol–water partition coefficient (Wildman–Crippen LogP) is 3.08. The van der Waals surface area contributed by atoms with Gasteiger partial charge in [-0.25, -0.2) is 0 Å². The highest BCUT2D eigenvalue weighted by atomic mass is 16.5. The molecule has 2 rings (SSSR count). The van der Waals surface area contributed by atoms with Gasteiger partial charge in [-0.2, -0.15) is 0 Å². The van der Waals surface area contributed by atoms with E-state index in [1.807, 2.05) is 24.3 Å². The van der Waals surface area contributed by atoms with Gasteiger partial charge in [-0.15, -0.1) is 0 Å². The average molecular weight is 248 g/mol. The van der Waals surface area contributed by atoms with Gasteiger partial charge in [-0.3, -0.25) is 4.79 Å². The third kappa shape index (κ3) is 3.33. The second-order valence-electron chi connectivity index (χ2n) is 5.10. The van der Waals surface area contributed by atoms with Gasteiger partial charge in [-0.05, 0) is 43.0 Å². The first kappa shape index (κ1) is 13.1. The summed E-state index contributed by atoms with van der Waals surface area (Å²) in [7, 11) is 0. The minimum atomic E-state index is -0.243. The molecule has 0 saturated carbocycles. The first-order valence-electron chi connectivity index (χ1n) is 6.55. The van der Waals surface area contributed by atoms with Gasteiger partial charge in [0, 0.05) is 12.2 Å². The number of Topliss-reactive ketones (excluding diaryl/α,β-unsaturated/α-hetero) is 1. The average Bonchev–Trinajstić information content (AvgIpc) is 2.90. The standard InChI is InChI=1S/C15H20O3/c1-11(2)10-18-13-7-5-12(6-8-13)15(16)14-4-3-9-17-14/h5-8,11,14H,3-4,9-10H2,1-2H3. The van der Waals surface area contributed by atoms with Crippen LogP contribution in [0.1, 0.15) is 37.0 Å². The fourth-order valence-corrected chi connectivity index (χ4v) is 1.95. The maximum Gasteiger partial charge on any atom is 0.191 e. The lowest BCUT2D eigenvalue weighted by Crippen LogP contribution is -2.19. The van der Waals surface area contributed by atoms with E-state index in [-0.39, 0.29) is 11.9 Å². The van der Waals surface area contributed by atoms with Crippen LogP contribution in [0.25, 0.3) is 0 Å². The second kappa shape index (κ2) is 6.01. The summed E-state index contributed by atoms with van der Waals surface area (Å²) in [6.07, 6.45) is 1.57. The molecule has 0 aliphatic carbocycles. The summed E-state index contributed by atoms with van der Waals surface area (Å²) in [4.78, 5) is 12.1. The molecule has 98 valence electrons. The molecule has 0 spiro atoms. The molecule has 1 saturated heterocycles. The predicted molar refractivity (Wildman–Crippen MR) is 70.1 cm³/mol. The molecule has 0 radical (unpaired) electrons. The van der Waals surface area contributed by atoms with Crippen molar-refractivity contribution >= 4 is 5.78 Å². The van der Waals surface area contributed by atoms with Crippen LogP contribution in [0.2, 0.25) is 0 Å². The molecule has 1 aromatic carbocycles. The van der Waals surface area contributed by atoms with Crippen LogP contribution >= 0.6 is 0 Å². The Morgan fingerprint density at radius 3 is 2.67 bits per heavy atom. The SMILES string of the molecule is CC(C)COc1ccc(C(=O)C2CCCO2)cc1. The summed E-state index contributed by atoms with van der Waals surface area (Å²) >= 11 is 0. The number of carbonyl (C=O) groups excluding carboxylic acids is 1. The molecule has 0 amide bonds. The van der Waals surface area contributed by atoms with E-state index in [2.05, 4.69) is 13.8 Å². The summed E-state index contributed by atoms with van der Waals surface area (Å²) in [5.74, 6) is 1.40. The third-order valence-electron chi connectivity index (χ3n) is 2.94. The lowest BCUT2D eigenvalue weighted by atomic mass is 10.0. The third-order valence-corrected chi connectivity index (χ3v) is 2.94. The number of benzene rings is 1. The molecule has 0 aromatic heterocycles. The zero-order valence-electron chi connectivity index (χ0n) is 11.0. The molecule has 0 N–H and O–H groups in total. The van der Waals surface area contributed by atoms with Gasteiger partial charge in [0.05, 0.1) is 6.61 Å². The molecule has 1 aromatic rings. The number of rotatable bonds is 5. The molecule has 1 fully saturated rings. The molecule has 18 heavy (non-hydrogen) atoms. The van der Waals surface area contributed by atoms with Crippen LogP contribution < -0.4 is 4.74 Å². The van der Waals surface area contributed by atoms with Crippen molar-refractivity contribution in [3.05, 3.63) is 29.8 Å². The lowest BCUT2D eigenvalue weighted by Gasteiger charge is -2.10. The molecule has 0 bridgehead atoms. The van der Waals surface area contributed by atoms with E-state index in [9.17, 15) is 4.79 Å². The van der Waals surface area contributed by atoms with Gasteiger partial charge in [0.2, 0.25) is 0 Å². The smallest absolute Gasteiger partial charge is 0.191 e. The van der Waals surface area contributed by atoms with Gasteiger partial charge in [0.15, 0.2) is 5.78 Å². The van der Waals surface area contributed by atoms with Gasteiger partial charge in [0.1, 0.15) is 11.9 Å². The number of ketones is 1. The fourth-order valence-electron chi connectivity index (χ4n) is 1.95. The lowest BCUT2D eigenvalue weighted by molar-refractivity contribution is 0.0643. The van der Waals surface area contributed by atoms with Crippen LogP contribution in [0.4, 0.5) is 0 Å². The Morgan fingerprint density at radius 2 is 2.11 bits per heavy atom. The molecule has 1 aliphatic heterocycles. The van der Waals surface area contributed by atoms with Gasteiger partial charge in [0.25, 0.3) is 0 Å². The van der Waals surface area contributed by atoms with E-state index < -0.39 is 0 Å². The summed E-state index contributed by atoms with van der Waals surface area (Å²) in [6.45, 7) is 5.61. The summed E-state index contributed by atoms with van der Waals surface area (Å²) < 4.78 is 11.0. The van der Waals surface area contributed by atoms with E-state index in [4.69, 9.17) is 9.47 Å². The van der Waals surface area contributed by atoms with E-state index in [1.54, 1.807) is 0 Å². The largest absolute Gasteiger partial charge is 0.493 e. The molecular weight excluding hydrogens is 228 g/mol. The fraction of sp³-hybridized carbons (Fsp3) is 0.533. The Bertz CT molecular complexity index is 389. The number of ether oxygens (including phenoxy) is 2. The van der Waals surface area contributed by atoms with Gasteiger partial charge >= 0.3 is 0 Å². The Morgan fingerprint density at radius 1 is 1.39 bits per heavy atom. The highest BCUT2D eigenvalue weighted by Gasteiger charge is 2.24. The van der Waals surface area contributed by atoms with E-state index in [1.165, 1.54) is 0 Å². The summed E-state index contributed by atoms with van der Waals surface area (Å²) in [5, 5.41) is 0. The van der Waals surface area contributed by atoms with Gasteiger partial charge < -0.3 is 9.47 Å². The first-order chi connectivity index (χ1) is 8.66. The second-order valence-corrected chi connectivity index (χ2v) is 5.10. The minimum Gasteiger partial charge on any atom is -0.493 e. The Kier molecular flexibility index (Phi) is 4.37. The quantitative estimate of drug-likeness (QED) is 0.751. The molecule has 1 aliphatic rings. The van der Waals surface area contributed by atoms with Crippen molar-refractivity contribution in [2.24, 2.45) is 5.92 Å². The van der Waals surface area contributed by atoms with Gasteiger partial charge in [-0.1, -0.05) is 13.8 Å². The first-order valence-corrected chi connectivity index (χ1v) is 6.55. The maximum absolute atomic E-state index is 12.1. The monoisotopic (exact) mass is 248 g/mol. The molecule has 1 atom stereocenters. The summed E-state index contributed by atoms with van der Waals surface area (Å²) in [6, 6.07) is 7.34. The Labute approximate surface area is 108 Å². The Balaban J connectivity index is 1.96. The topological polar surface area (TPSA) is 35.5 Å². The van der Waals surface area contributed by atoms with Crippen LogP contribution in [-0.4, -0.2) is 25.1 Å². The van der Waals surface area contributed by atoms with Crippen LogP contribution in [0.15, 0.2) is 24.3 Å². The van der Waals surface area contributed by atoms with Crippen molar-refractivity contribution in [1.82, 2.24) is 0 Å². The zero-order chi connectivity index (χ0) is 13.0. The van der Waals surface area contributed by atoms with Crippen LogP contribution in [0.5, 0.6) is 5.75 Å². The van der Waals surface area contributed by atoms with Crippen molar-refractivity contribution in [3.8, 4) is 5.75 Å². The van der Waals surface area contributed by atoms with Crippen LogP contribution in [0, 0.1) is 5.92 Å². The van der Waals surface area contributed by atoms with Crippen LogP contribution in [-0.2, 0) is 4.74 Å². The molecule has 3 heteroatoms. The highest BCUT2D eigenvalue weighted by Crippen LogP contribution is 2.19. The van der Waals surface area contributed by atoms with E-state index >= 15 is 0 Å². The van der Waals surface area contributed by atoms with Crippen molar-refractivity contribution in [2.45, 2.75) is 32.8 Å². The Hall–Kier alpha value is -1.35. The highest BCUT2D eigenvalue weighted by molar-refractivity contribution is 5.99. The molecule has 3 nitrogen and oxygen atoms in total. The molecule has 1 unspecified atom stereocenters. The normalized spacial score (nSPS) is 19.2. The van der Waals surface area contributed by atoms with Crippen molar-refractivity contribution < 1.29 is 14.3 Å². The minimum absolute atomic E-state index is 0.0860. The van der Waals surface area contributed by atoms with Crippen LogP contribution in [0.3, 0.4) is 0 Å². The number of hydrogen-bond acceptors (Lipinski definition) is 3. The molecular formula is C15H20O3. The summed E-state index contributed by atoms with van der Waals surface area (Å²) in [5.41, 5.74) is 0.707. The van der Waals surface area contributed by atoms with E-state index in [0.29, 0.717) is 24.7 Å². The van der Waals surface area contributed by atoms with Crippen molar-refractivity contribution in [3.63, 3.8) is 0 Å². The number of hydrogen-bond donors (Lipinski definition) is 0. The van der Waals surface area contributed by atoms with Crippen molar-refractivity contribution in [1.29, 1.82) is 0 Å². The number of carbonyl (C=O) groups is 1. The maximum atomic E-state index is 12.1. The van der Waals surface area contributed by atoms with Crippen molar-refractivity contribution in [2.75, 3.05) is 13.2 Å². The molecule has 1 heterocycles. The van der Waals surface area contributed by atoms with E-state index in [0.717, 1.165) is 18.6 Å². The zero-order valence-corrected chi connectivity index (χ0v) is 11.0.